The Labute approximate surface area is 183 Å². The molecule has 3 nitrogen and oxygen atoms in total. The first-order valence-electron chi connectivity index (χ1n) is 12.3. The Morgan fingerprint density at radius 3 is 1.04 bits per heavy atom. The summed E-state index contributed by atoms with van der Waals surface area (Å²) < 4.78 is 17.8. The molecule has 0 aliphatic rings. The van der Waals surface area contributed by atoms with Gasteiger partial charge in [-0.25, -0.2) is 0 Å². The van der Waals surface area contributed by atoms with Gasteiger partial charge in [-0.05, 0) is 39.4 Å². The second-order valence-electron chi connectivity index (χ2n) is 7.76. The van der Waals surface area contributed by atoms with E-state index in [-0.39, 0.29) is 0 Å². The lowest BCUT2D eigenvalue weighted by atomic mass is 10.0. The number of hydrogen-bond donors (Lipinski definition) is 1. The van der Waals surface area contributed by atoms with Gasteiger partial charge in [0.25, 0.3) is 0 Å². The molecule has 0 spiro atoms. The summed E-state index contributed by atoms with van der Waals surface area (Å²) in [7, 11) is -2.41. The first kappa shape index (κ1) is 28.4. The van der Waals surface area contributed by atoms with E-state index in [1.54, 1.807) is 0 Å². The third-order valence-electron chi connectivity index (χ3n) is 5.23. The first-order valence-corrected chi connectivity index (χ1v) is 14.8. The molecular formula is C23H50O3SSi. The van der Waals surface area contributed by atoms with Crippen LogP contribution in [0.25, 0.3) is 0 Å². The Morgan fingerprint density at radius 1 is 0.464 bits per heavy atom. The van der Waals surface area contributed by atoms with Crippen LogP contribution in [0.2, 0.25) is 6.04 Å². The van der Waals surface area contributed by atoms with Crippen LogP contribution in [0.4, 0.5) is 0 Å². The molecule has 0 saturated heterocycles. The van der Waals surface area contributed by atoms with Gasteiger partial charge in [0.2, 0.25) is 0 Å². The molecule has 0 aromatic carbocycles. The molecule has 0 atom stereocenters. The minimum Gasteiger partial charge on any atom is -0.374 e. The monoisotopic (exact) mass is 434 g/mol. The van der Waals surface area contributed by atoms with Crippen molar-refractivity contribution in [1.29, 1.82) is 0 Å². The van der Waals surface area contributed by atoms with Crippen molar-refractivity contribution < 1.29 is 13.3 Å². The van der Waals surface area contributed by atoms with Crippen molar-refractivity contribution in [3.05, 3.63) is 0 Å². The predicted molar refractivity (Wildman–Crippen MR) is 129 cm³/mol. The molecule has 0 N–H and O–H groups in total. The molecule has 5 heteroatoms. The predicted octanol–water partition coefficient (Wildman–Crippen LogP) is 7.82. The van der Waals surface area contributed by atoms with Crippen LogP contribution < -0.4 is 0 Å². The van der Waals surface area contributed by atoms with E-state index in [1.165, 1.54) is 96.3 Å². The fraction of sp³-hybridized carbons (Fsp3) is 1.00. The Morgan fingerprint density at radius 2 is 0.750 bits per heavy atom. The highest BCUT2D eigenvalue weighted by Crippen LogP contribution is 2.21. The SMILES string of the molecule is CCO[Si](CCCCCCCCCCCCCCCCCS)(OCC)OCC. The normalized spacial score (nSPS) is 12.0. The smallest absolute Gasteiger partial charge is 0.374 e. The summed E-state index contributed by atoms with van der Waals surface area (Å²) in [6.07, 6.45) is 20.6. The lowest BCUT2D eigenvalue weighted by Gasteiger charge is -2.28. The Bertz CT molecular complexity index is 289. The highest BCUT2D eigenvalue weighted by atomic mass is 32.1. The Kier molecular flexibility index (Phi) is 22.5. The number of rotatable bonds is 23. The third-order valence-corrected chi connectivity index (χ3v) is 8.70. The summed E-state index contributed by atoms with van der Waals surface area (Å²) in [4.78, 5) is 0. The van der Waals surface area contributed by atoms with Crippen LogP contribution in [0.15, 0.2) is 0 Å². The van der Waals surface area contributed by atoms with Crippen LogP contribution >= 0.6 is 12.6 Å². The topological polar surface area (TPSA) is 27.7 Å². The maximum atomic E-state index is 5.93. The van der Waals surface area contributed by atoms with Crippen molar-refractivity contribution in [3.8, 4) is 0 Å². The van der Waals surface area contributed by atoms with Crippen molar-refractivity contribution in [2.75, 3.05) is 25.6 Å². The van der Waals surface area contributed by atoms with Gasteiger partial charge in [0.1, 0.15) is 0 Å². The van der Waals surface area contributed by atoms with E-state index >= 15 is 0 Å². The molecule has 0 aromatic heterocycles. The molecule has 0 radical (unpaired) electrons. The van der Waals surface area contributed by atoms with Crippen molar-refractivity contribution in [3.63, 3.8) is 0 Å². The van der Waals surface area contributed by atoms with Crippen molar-refractivity contribution in [2.24, 2.45) is 0 Å². The summed E-state index contributed by atoms with van der Waals surface area (Å²) in [6.45, 7) is 8.15. The maximum absolute atomic E-state index is 5.93. The molecule has 0 rings (SSSR count). The van der Waals surface area contributed by atoms with Crippen LogP contribution in [-0.2, 0) is 13.3 Å². The Balaban J connectivity index is 3.46. The molecule has 0 unspecified atom stereocenters. The summed E-state index contributed by atoms with van der Waals surface area (Å²) >= 11 is 4.26. The van der Waals surface area contributed by atoms with Crippen LogP contribution in [0, 0.1) is 0 Å². The molecule has 0 fully saturated rings. The summed E-state index contributed by atoms with van der Waals surface area (Å²) in [5.74, 6) is 1.05. The van der Waals surface area contributed by atoms with Gasteiger partial charge in [0, 0.05) is 25.9 Å². The highest BCUT2D eigenvalue weighted by molar-refractivity contribution is 7.80. The molecule has 0 aromatic rings. The molecule has 0 bridgehead atoms. The van der Waals surface area contributed by atoms with E-state index in [9.17, 15) is 0 Å². The fourth-order valence-corrected chi connectivity index (χ4v) is 6.66. The minimum atomic E-state index is -2.41. The fourth-order valence-electron chi connectivity index (χ4n) is 3.75. The zero-order valence-electron chi connectivity index (χ0n) is 19.3. The summed E-state index contributed by atoms with van der Waals surface area (Å²) in [5, 5.41) is 0. The highest BCUT2D eigenvalue weighted by Gasteiger charge is 2.39. The van der Waals surface area contributed by atoms with Gasteiger partial charge in [0.15, 0.2) is 0 Å². The van der Waals surface area contributed by atoms with Gasteiger partial charge in [-0.15, -0.1) is 0 Å². The molecule has 0 aliphatic heterocycles. The molecular weight excluding hydrogens is 384 g/mol. The van der Waals surface area contributed by atoms with Crippen molar-refractivity contribution in [2.45, 2.75) is 123 Å². The summed E-state index contributed by atoms with van der Waals surface area (Å²) in [5.41, 5.74) is 0. The lowest BCUT2D eigenvalue weighted by molar-refractivity contribution is 0.0706. The first-order chi connectivity index (χ1) is 13.7. The lowest BCUT2D eigenvalue weighted by Crippen LogP contribution is -2.45. The third kappa shape index (κ3) is 17.3. The Hall–Kier alpha value is 0.447. The van der Waals surface area contributed by atoms with Crippen molar-refractivity contribution >= 4 is 21.4 Å². The van der Waals surface area contributed by atoms with E-state index in [0.717, 1.165) is 11.8 Å². The zero-order chi connectivity index (χ0) is 20.8. The summed E-state index contributed by atoms with van der Waals surface area (Å²) in [6, 6.07) is 0.969. The van der Waals surface area contributed by atoms with E-state index in [2.05, 4.69) is 12.6 Å². The number of thiol groups is 1. The van der Waals surface area contributed by atoms with Crippen LogP contribution in [-0.4, -0.2) is 34.4 Å². The van der Waals surface area contributed by atoms with E-state index < -0.39 is 8.80 Å². The van der Waals surface area contributed by atoms with Crippen LogP contribution in [0.1, 0.15) is 117 Å². The van der Waals surface area contributed by atoms with Gasteiger partial charge < -0.3 is 13.3 Å². The van der Waals surface area contributed by atoms with Gasteiger partial charge in [-0.1, -0.05) is 83.5 Å². The largest absolute Gasteiger partial charge is 0.500 e. The average molecular weight is 435 g/mol. The number of unbranched alkanes of at least 4 members (excludes halogenated alkanes) is 14. The van der Waals surface area contributed by atoms with Gasteiger partial charge in [0.05, 0.1) is 0 Å². The maximum Gasteiger partial charge on any atom is 0.500 e. The zero-order valence-corrected chi connectivity index (χ0v) is 21.2. The van der Waals surface area contributed by atoms with E-state index in [4.69, 9.17) is 13.3 Å². The van der Waals surface area contributed by atoms with E-state index in [1.807, 2.05) is 20.8 Å². The van der Waals surface area contributed by atoms with Gasteiger partial charge >= 0.3 is 8.80 Å². The minimum absolute atomic E-state index is 0.683. The van der Waals surface area contributed by atoms with E-state index in [0.29, 0.717) is 19.8 Å². The molecule has 170 valence electrons. The van der Waals surface area contributed by atoms with Gasteiger partial charge in [-0.3, -0.25) is 0 Å². The number of hydrogen-bond acceptors (Lipinski definition) is 4. The molecule has 28 heavy (non-hydrogen) atoms. The molecule has 0 saturated carbocycles. The second kappa shape index (κ2) is 22.1. The van der Waals surface area contributed by atoms with Gasteiger partial charge in [-0.2, -0.15) is 12.6 Å². The molecule has 0 aliphatic carbocycles. The van der Waals surface area contributed by atoms with Crippen LogP contribution in [0.5, 0.6) is 0 Å². The quantitative estimate of drug-likeness (QED) is 0.101. The standard InChI is InChI=1S/C23H50O3SSi/c1-4-24-28(25-5-2,26-6-3)23-21-19-17-15-13-11-9-7-8-10-12-14-16-18-20-22-27/h27H,4-23H2,1-3H3. The second-order valence-corrected chi connectivity index (χ2v) is 10.9. The molecule has 0 amide bonds. The van der Waals surface area contributed by atoms with Crippen molar-refractivity contribution in [1.82, 2.24) is 0 Å². The molecule has 0 heterocycles. The van der Waals surface area contributed by atoms with Crippen LogP contribution in [0.3, 0.4) is 0 Å². The average Bonchev–Trinajstić information content (AvgIpc) is 2.68.